The van der Waals surface area contributed by atoms with Crippen LogP contribution in [0.25, 0.3) is 0 Å². The summed E-state index contributed by atoms with van der Waals surface area (Å²) in [5.41, 5.74) is -0.468. The van der Waals surface area contributed by atoms with E-state index in [1.165, 1.54) is 22.5 Å². The second-order valence-electron chi connectivity index (χ2n) is 7.49. The second-order valence-corrected chi connectivity index (χ2v) is 9.41. The van der Waals surface area contributed by atoms with E-state index in [0.29, 0.717) is 13.0 Å². The molecule has 0 saturated carbocycles. The van der Waals surface area contributed by atoms with Crippen LogP contribution >= 0.6 is 0 Å². The van der Waals surface area contributed by atoms with Crippen molar-refractivity contribution in [2.75, 3.05) is 13.1 Å². The first kappa shape index (κ1) is 20.6. The molecule has 1 heterocycles. The predicted octanol–water partition coefficient (Wildman–Crippen LogP) is 3.03. The number of halogens is 1. The molecule has 26 heavy (non-hydrogen) atoms. The molecule has 1 aromatic rings. The highest BCUT2D eigenvalue weighted by atomic mass is 32.2. The van der Waals surface area contributed by atoms with Gasteiger partial charge in [-0.25, -0.2) is 17.6 Å². The third kappa shape index (κ3) is 5.95. The van der Waals surface area contributed by atoms with E-state index < -0.39 is 27.5 Å². The van der Waals surface area contributed by atoms with Gasteiger partial charge in [0.25, 0.3) is 0 Å². The molecule has 0 bridgehead atoms. The minimum atomic E-state index is -3.69. The highest BCUT2D eigenvalue weighted by Crippen LogP contribution is 2.23. The zero-order chi connectivity index (χ0) is 19.4. The van der Waals surface area contributed by atoms with Gasteiger partial charge in [0, 0.05) is 24.7 Å². The lowest BCUT2D eigenvalue weighted by atomic mass is 10.1. The summed E-state index contributed by atoms with van der Waals surface area (Å²) in [5.74, 6) is -0.917. The molecule has 2 rings (SSSR count). The lowest BCUT2D eigenvalue weighted by Crippen LogP contribution is -2.50. The van der Waals surface area contributed by atoms with Gasteiger partial charge in [-0.1, -0.05) is 24.6 Å². The van der Waals surface area contributed by atoms with Crippen molar-refractivity contribution in [2.24, 2.45) is 0 Å². The molecule has 6 nitrogen and oxygen atoms in total. The summed E-state index contributed by atoms with van der Waals surface area (Å²) in [5, 5.41) is 2.64. The van der Waals surface area contributed by atoms with Crippen LogP contribution in [0.1, 0.15) is 45.6 Å². The number of carbonyl (C=O) groups is 1. The molecular weight excluding hydrogens is 359 g/mol. The van der Waals surface area contributed by atoms with E-state index in [9.17, 15) is 17.6 Å². The summed E-state index contributed by atoms with van der Waals surface area (Å²) < 4.78 is 46.0. The largest absolute Gasteiger partial charge is 0.444 e. The van der Waals surface area contributed by atoms with Gasteiger partial charge in [-0.3, -0.25) is 0 Å². The molecule has 1 N–H and O–H groups in total. The summed E-state index contributed by atoms with van der Waals surface area (Å²) in [7, 11) is -3.69. The van der Waals surface area contributed by atoms with E-state index in [4.69, 9.17) is 4.74 Å². The van der Waals surface area contributed by atoms with Crippen molar-refractivity contribution in [3.8, 4) is 0 Å². The third-order valence-corrected chi connectivity index (χ3v) is 5.98. The van der Waals surface area contributed by atoms with Crippen LogP contribution in [0.2, 0.25) is 0 Å². The number of hydrogen-bond donors (Lipinski definition) is 1. The molecule has 1 aromatic carbocycles. The van der Waals surface area contributed by atoms with Gasteiger partial charge in [0.05, 0.1) is 5.75 Å². The summed E-state index contributed by atoms with van der Waals surface area (Å²) in [6.45, 7) is 5.83. The normalized spacial score (nSPS) is 19.2. The predicted molar refractivity (Wildman–Crippen MR) is 97.6 cm³/mol. The van der Waals surface area contributed by atoms with Crippen molar-refractivity contribution in [3.05, 3.63) is 35.6 Å². The van der Waals surface area contributed by atoms with Gasteiger partial charge in [-0.15, -0.1) is 0 Å². The minimum Gasteiger partial charge on any atom is -0.444 e. The van der Waals surface area contributed by atoms with Gasteiger partial charge in [0.2, 0.25) is 10.0 Å². The maximum Gasteiger partial charge on any atom is 0.407 e. The monoisotopic (exact) mass is 386 g/mol. The van der Waals surface area contributed by atoms with Crippen molar-refractivity contribution in [2.45, 2.75) is 57.4 Å². The van der Waals surface area contributed by atoms with E-state index in [1.54, 1.807) is 26.8 Å². The van der Waals surface area contributed by atoms with Gasteiger partial charge in [0.15, 0.2) is 0 Å². The Balaban J connectivity index is 2.05. The first-order valence-corrected chi connectivity index (χ1v) is 10.4. The van der Waals surface area contributed by atoms with Crippen molar-refractivity contribution >= 4 is 16.1 Å². The fourth-order valence-electron chi connectivity index (χ4n) is 2.95. The molecular formula is C18H27FN2O4S. The quantitative estimate of drug-likeness (QED) is 0.844. The Bertz CT molecular complexity index is 731. The summed E-state index contributed by atoms with van der Waals surface area (Å²) >= 11 is 0. The fraction of sp³-hybridized carbons (Fsp3) is 0.611. The van der Waals surface area contributed by atoms with Gasteiger partial charge in [0.1, 0.15) is 11.4 Å². The smallest absolute Gasteiger partial charge is 0.407 e. The highest BCUT2D eigenvalue weighted by molar-refractivity contribution is 7.88. The van der Waals surface area contributed by atoms with E-state index in [0.717, 1.165) is 12.8 Å². The maximum atomic E-state index is 13.8. The Morgan fingerprint density at radius 1 is 1.31 bits per heavy atom. The van der Waals surface area contributed by atoms with Crippen LogP contribution in [0.5, 0.6) is 0 Å². The number of nitrogens with one attached hydrogen (secondary N) is 1. The molecule has 1 aliphatic heterocycles. The molecule has 0 aromatic heterocycles. The number of piperidine rings is 1. The fourth-order valence-corrected chi connectivity index (χ4v) is 4.79. The number of carbonyl (C=O) groups excluding carboxylic acids is 1. The molecule has 1 amide bonds. The SMILES string of the molecule is CC(C)(C)OC(=O)NC[C@@H]1CCCCN1S(=O)(=O)Cc1ccccc1F. The van der Waals surface area contributed by atoms with Gasteiger partial charge in [-0.2, -0.15) is 4.31 Å². The average molecular weight is 386 g/mol. The first-order valence-electron chi connectivity index (χ1n) is 8.78. The Labute approximate surface area is 154 Å². The molecule has 8 heteroatoms. The topological polar surface area (TPSA) is 75.7 Å². The van der Waals surface area contributed by atoms with Crippen LogP contribution in [0.15, 0.2) is 24.3 Å². The number of alkyl carbamates (subject to hydrolysis) is 1. The lowest BCUT2D eigenvalue weighted by Gasteiger charge is -2.35. The molecule has 0 unspecified atom stereocenters. The number of benzene rings is 1. The third-order valence-electron chi connectivity index (χ3n) is 4.11. The molecule has 146 valence electrons. The number of hydrogen-bond acceptors (Lipinski definition) is 4. The second kappa shape index (κ2) is 8.35. The number of ether oxygens (including phenoxy) is 1. The Kier molecular flexibility index (Phi) is 6.63. The minimum absolute atomic E-state index is 0.150. The Hall–Kier alpha value is -1.67. The molecule has 1 saturated heterocycles. The van der Waals surface area contributed by atoms with Crippen LogP contribution in [0.3, 0.4) is 0 Å². The van der Waals surface area contributed by atoms with Crippen LogP contribution in [0.4, 0.5) is 9.18 Å². The number of nitrogens with zero attached hydrogens (tertiary/aromatic N) is 1. The Morgan fingerprint density at radius 2 is 2.00 bits per heavy atom. The van der Waals surface area contributed by atoms with Gasteiger partial charge >= 0.3 is 6.09 Å². The highest BCUT2D eigenvalue weighted by Gasteiger charge is 2.33. The van der Waals surface area contributed by atoms with Crippen molar-refractivity contribution in [1.29, 1.82) is 0 Å². The lowest BCUT2D eigenvalue weighted by molar-refractivity contribution is 0.0512. The summed E-state index contributed by atoms with van der Waals surface area (Å²) in [6.07, 6.45) is 1.70. The molecule has 0 aliphatic carbocycles. The summed E-state index contributed by atoms with van der Waals surface area (Å²) in [6, 6.07) is 5.52. The number of rotatable bonds is 5. The zero-order valence-corrected chi connectivity index (χ0v) is 16.3. The van der Waals surface area contributed by atoms with E-state index >= 15 is 0 Å². The van der Waals surface area contributed by atoms with Crippen molar-refractivity contribution in [1.82, 2.24) is 9.62 Å². The Morgan fingerprint density at radius 3 is 2.65 bits per heavy atom. The molecule has 1 fully saturated rings. The van der Waals surface area contributed by atoms with E-state index in [1.807, 2.05) is 0 Å². The van der Waals surface area contributed by atoms with Crippen molar-refractivity contribution < 1.29 is 22.3 Å². The molecule has 0 radical (unpaired) electrons. The molecule has 1 atom stereocenters. The summed E-state index contributed by atoms with van der Waals surface area (Å²) in [4.78, 5) is 11.8. The average Bonchev–Trinajstić information content (AvgIpc) is 2.54. The molecule has 0 spiro atoms. The van der Waals surface area contributed by atoms with Crippen LogP contribution in [-0.2, 0) is 20.5 Å². The maximum absolute atomic E-state index is 13.8. The zero-order valence-electron chi connectivity index (χ0n) is 15.5. The molecule has 1 aliphatic rings. The number of amides is 1. The van der Waals surface area contributed by atoms with Gasteiger partial charge in [-0.05, 0) is 39.7 Å². The number of sulfonamides is 1. The van der Waals surface area contributed by atoms with Crippen LogP contribution < -0.4 is 5.32 Å². The van der Waals surface area contributed by atoms with Gasteiger partial charge < -0.3 is 10.1 Å². The van der Waals surface area contributed by atoms with Crippen molar-refractivity contribution in [3.63, 3.8) is 0 Å². The van der Waals surface area contributed by atoms with Crippen LogP contribution in [-0.4, -0.2) is 43.5 Å². The van der Waals surface area contributed by atoms with E-state index in [2.05, 4.69) is 5.32 Å². The van der Waals surface area contributed by atoms with Crippen LogP contribution in [0, 0.1) is 5.82 Å². The first-order chi connectivity index (χ1) is 12.1. The van der Waals surface area contributed by atoms with E-state index in [-0.39, 0.29) is 23.9 Å². The standard InChI is InChI=1S/C18H27FN2O4S/c1-18(2,3)25-17(22)20-12-15-9-6-7-11-21(15)26(23,24)13-14-8-4-5-10-16(14)19/h4-5,8,10,15H,6-7,9,11-13H2,1-3H3,(H,20,22)/t15-/m0/s1.